The number of aromatic nitrogens is 1. The number of nitriles is 1. The summed E-state index contributed by atoms with van der Waals surface area (Å²) in [6, 6.07) is 10.7. The summed E-state index contributed by atoms with van der Waals surface area (Å²) in [5.41, 5.74) is 1.05. The first kappa shape index (κ1) is 12.7. The van der Waals surface area contributed by atoms with Gasteiger partial charge in [0.1, 0.15) is 29.1 Å². The SMILES string of the molecule is N#Cc1ncccc1COc1cccc(Cl)c1Cl. The minimum absolute atomic E-state index is 0.219. The van der Waals surface area contributed by atoms with Crippen molar-refractivity contribution < 1.29 is 4.74 Å². The Hall–Kier alpha value is -1.76. The number of ether oxygens (including phenoxy) is 1. The molecular formula is C13H8Cl2N2O. The van der Waals surface area contributed by atoms with Crippen LogP contribution in [-0.4, -0.2) is 4.98 Å². The van der Waals surface area contributed by atoms with Crippen LogP contribution in [0.25, 0.3) is 0 Å². The third-order valence-electron chi connectivity index (χ3n) is 2.30. The van der Waals surface area contributed by atoms with Gasteiger partial charge in [-0.05, 0) is 18.2 Å². The summed E-state index contributed by atoms with van der Waals surface area (Å²) in [6.07, 6.45) is 1.56. The first-order chi connectivity index (χ1) is 8.72. The van der Waals surface area contributed by atoms with Crippen molar-refractivity contribution in [1.29, 1.82) is 5.26 Å². The van der Waals surface area contributed by atoms with Gasteiger partial charge >= 0.3 is 0 Å². The average Bonchev–Trinajstić information content (AvgIpc) is 2.41. The number of hydrogen-bond acceptors (Lipinski definition) is 3. The largest absolute Gasteiger partial charge is 0.487 e. The molecule has 0 atom stereocenters. The van der Waals surface area contributed by atoms with Crippen molar-refractivity contribution >= 4 is 23.2 Å². The molecule has 0 aliphatic heterocycles. The molecule has 2 aromatic rings. The summed E-state index contributed by atoms with van der Waals surface area (Å²) in [6.45, 7) is 0.219. The highest BCUT2D eigenvalue weighted by Crippen LogP contribution is 2.31. The maximum atomic E-state index is 8.90. The molecule has 2 rings (SSSR count). The molecule has 0 saturated carbocycles. The molecule has 0 aliphatic carbocycles. The van der Waals surface area contributed by atoms with Gasteiger partial charge in [-0.25, -0.2) is 4.98 Å². The van der Waals surface area contributed by atoms with E-state index in [1.807, 2.05) is 6.07 Å². The highest BCUT2D eigenvalue weighted by atomic mass is 35.5. The molecule has 0 amide bonds. The van der Waals surface area contributed by atoms with E-state index in [0.717, 1.165) is 0 Å². The van der Waals surface area contributed by atoms with Crippen LogP contribution < -0.4 is 4.74 Å². The van der Waals surface area contributed by atoms with E-state index in [-0.39, 0.29) is 6.61 Å². The molecule has 1 heterocycles. The van der Waals surface area contributed by atoms with Gasteiger partial charge in [0.15, 0.2) is 0 Å². The number of hydrogen-bond donors (Lipinski definition) is 0. The number of benzene rings is 1. The standard InChI is InChI=1S/C13H8Cl2N2O/c14-10-4-1-5-12(13(10)15)18-8-9-3-2-6-17-11(9)7-16/h1-6H,8H2. The minimum atomic E-state index is 0.219. The Morgan fingerprint density at radius 1 is 1.22 bits per heavy atom. The van der Waals surface area contributed by atoms with Gasteiger partial charge < -0.3 is 4.74 Å². The summed E-state index contributed by atoms with van der Waals surface area (Å²) >= 11 is 11.9. The van der Waals surface area contributed by atoms with E-state index in [4.69, 9.17) is 33.2 Å². The molecule has 0 unspecified atom stereocenters. The monoisotopic (exact) mass is 278 g/mol. The van der Waals surface area contributed by atoms with Crippen LogP contribution in [0.4, 0.5) is 0 Å². The van der Waals surface area contributed by atoms with Gasteiger partial charge in [0.05, 0.1) is 5.02 Å². The van der Waals surface area contributed by atoms with E-state index in [9.17, 15) is 0 Å². The van der Waals surface area contributed by atoms with Crippen molar-refractivity contribution in [3.8, 4) is 11.8 Å². The fourth-order valence-electron chi connectivity index (χ4n) is 1.41. The molecule has 5 heteroatoms. The lowest BCUT2D eigenvalue weighted by Crippen LogP contribution is -2.00. The van der Waals surface area contributed by atoms with Crippen LogP contribution in [0.3, 0.4) is 0 Å². The second kappa shape index (κ2) is 5.72. The number of rotatable bonds is 3. The van der Waals surface area contributed by atoms with Crippen LogP contribution in [0.1, 0.15) is 11.3 Å². The second-order valence-electron chi connectivity index (χ2n) is 3.46. The molecular weight excluding hydrogens is 271 g/mol. The molecule has 0 fully saturated rings. The second-order valence-corrected chi connectivity index (χ2v) is 4.25. The Labute approximate surface area is 115 Å². The van der Waals surface area contributed by atoms with Gasteiger partial charge in [-0.1, -0.05) is 35.3 Å². The zero-order valence-corrected chi connectivity index (χ0v) is 10.7. The Balaban J connectivity index is 2.17. The van der Waals surface area contributed by atoms with E-state index in [2.05, 4.69) is 4.98 Å². The minimum Gasteiger partial charge on any atom is -0.487 e. The fraction of sp³-hybridized carbons (Fsp3) is 0.0769. The summed E-state index contributed by atoms with van der Waals surface area (Å²) in [4.78, 5) is 3.95. The van der Waals surface area contributed by atoms with Gasteiger partial charge in [-0.15, -0.1) is 0 Å². The Morgan fingerprint density at radius 3 is 2.83 bits per heavy atom. The highest BCUT2D eigenvalue weighted by Gasteiger charge is 2.07. The zero-order valence-electron chi connectivity index (χ0n) is 9.23. The average molecular weight is 279 g/mol. The predicted octanol–water partition coefficient (Wildman–Crippen LogP) is 3.84. The van der Waals surface area contributed by atoms with Crippen LogP contribution in [0.5, 0.6) is 5.75 Å². The van der Waals surface area contributed by atoms with Crippen molar-refractivity contribution in [1.82, 2.24) is 4.98 Å². The van der Waals surface area contributed by atoms with Gasteiger partial charge in [0.25, 0.3) is 0 Å². The van der Waals surface area contributed by atoms with Gasteiger partial charge in [0, 0.05) is 11.8 Å². The van der Waals surface area contributed by atoms with E-state index in [1.165, 1.54) is 0 Å². The van der Waals surface area contributed by atoms with Crippen LogP contribution >= 0.6 is 23.2 Å². The molecule has 0 N–H and O–H groups in total. The Bertz CT molecular complexity index is 608. The molecule has 0 saturated heterocycles. The smallest absolute Gasteiger partial charge is 0.147 e. The van der Waals surface area contributed by atoms with Crippen LogP contribution in [-0.2, 0) is 6.61 Å². The first-order valence-electron chi connectivity index (χ1n) is 5.13. The van der Waals surface area contributed by atoms with E-state index in [1.54, 1.807) is 36.5 Å². The molecule has 1 aromatic heterocycles. The van der Waals surface area contributed by atoms with E-state index >= 15 is 0 Å². The number of pyridine rings is 1. The third-order valence-corrected chi connectivity index (χ3v) is 3.10. The lowest BCUT2D eigenvalue weighted by Gasteiger charge is -2.09. The zero-order chi connectivity index (χ0) is 13.0. The topological polar surface area (TPSA) is 45.9 Å². The maximum absolute atomic E-state index is 8.90. The molecule has 0 spiro atoms. The summed E-state index contributed by atoms with van der Waals surface area (Å²) in [5.74, 6) is 0.483. The van der Waals surface area contributed by atoms with E-state index in [0.29, 0.717) is 27.1 Å². The van der Waals surface area contributed by atoms with E-state index < -0.39 is 0 Å². The van der Waals surface area contributed by atoms with Gasteiger partial charge in [0.2, 0.25) is 0 Å². The van der Waals surface area contributed by atoms with Crippen molar-refractivity contribution in [2.45, 2.75) is 6.61 Å². The van der Waals surface area contributed by atoms with Crippen molar-refractivity contribution in [2.75, 3.05) is 0 Å². The predicted molar refractivity (Wildman–Crippen MR) is 69.7 cm³/mol. The summed E-state index contributed by atoms with van der Waals surface area (Å²) < 4.78 is 5.54. The Kier molecular flexibility index (Phi) is 4.03. The normalized spacial score (nSPS) is 9.83. The van der Waals surface area contributed by atoms with Crippen LogP contribution in [0.2, 0.25) is 10.0 Å². The molecule has 3 nitrogen and oxygen atoms in total. The molecule has 90 valence electrons. The first-order valence-corrected chi connectivity index (χ1v) is 5.89. The molecule has 1 aromatic carbocycles. The van der Waals surface area contributed by atoms with Crippen molar-refractivity contribution in [3.05, 3.63) is 57.8 Å². The summed E-state index contributed by atoms with van der Waals surface area (Å²) in [7, 11) is 0. The molecule has 0 aliphatic rings. The molecule has 0 bridgehead atoms. The lowest BCUT2D eigenvalue weighted by molar-refractivity contribution is 0.305. The summed E-state index contributed by atoms with van der Waals surface area (Å²) in [5, 5.41) is 9.69. The lowest BCUT2D eigenvalue weighted by atomic mass is 10.2. The van der Waals surface area contributed by atoms with Gasteiger partial charge in [-0.3, -0.25) is 0 Å². The van der Waals surface area contributed by atoms with Gasteiger partial charge in [-0.2, -0.15) is 5.26 Å². The van der Waals surface area contributed by atoms with Crippen molar-refractivity contribution in [2.24, 2.45) is 0 Å². The Morgan fingerprint density at radius 2 is 2.06 bits per heavy atom. The maximum Gasteiger partial charge on any atom is 0.147 e. The molecule has 0 radical (unpaired) electrons. The number of nitrogens with zero attached hydrogens (tertiary/aromatic N) is 2. The third kappa shape index (κ3) is 2.73. The van der Waals surface area contributed by atoms with Crippen LogP contribution in [0.15, 0.2) is 36.5 Å². The quantitative estimate of drug-likeness (QED) is 0.857. The molecule has 18 heavy (non-hydrogen) atoms. The van der Waals surface area contributed by atoms with Crippen molar-refractivity contribution in [3.63, 3.8) is 0 Å². The number of halogens is 2. The van der Waals surface area contributed by atoms with Crippen LogP contribution in [0, 0.1) is 11.3 Å². The fourth-order valence-corrected chi connectivity index (χ4v) is 1.75. The highest BCUT2D eigenvalue weighted by molar-refractivity contribution is 6.42.